The van der Waals surface area contributed by atoms with E-state index in [2.05, 4.69) is 31.9 Å². The molecule has 186 valence electrons. The summed E-state index contributed by atoms with van der Waals surface area (Å²) in [6.07, 6.45) is -6.74. The van der Waals surface area contributed by atoms with E-state index in [1.54, 1.807) is 19.9 Å². The Hall–Kier alpha value is -3.88. The maximum Gasteiger partial charge on any atom is 0.425 e. The number of aromatic nitrogens is 1. The van der Waals surface area contributed by atoms with Crippen LogP contribution in [0.5, 0.6) is 5.75 Å². The number of hydrogen-bond donors (Lipinski definition) is 2. The monoisotopic (exact) mass is 496 g/mol. The normalized spacial score (nSPS) is 19.7. The van der Waals surface area contributed by atoms with Crippen LogP contribution < -0.4 is 15.8 Å². The van der Waals surface area contributed by atoms with Gasteiger partial charge in [0.25, 0.3) is 11.9 Å². The Bertz CT molecular complexity index is 1240. The predicted molar refractivity (Wildman–Crippen MR) is 117 cm³/mol. The van der Waals surface area contributed by atoms with E-state index in [1.807, 2.05) is 0 Å². The van der Waals surface area contributed by atoms with Gasteiger partial charge in [-0.1, -0.05) is 5.92 Å². The zero-order chi connectivity index (χ0) is 26.0. The summed E-state index contributed by atoms with van der Waals surface area (Å²) < 4.78 is 78.8. The molecule has 0 saturated heterocycles. The fourth-order valence-corrected chi connectivity index (χ4v) is 3.52. The van der Waals surface area contributed by atoms with E-state index in [4.69, 9.17) is 10.5 Å². The lowest BCUT2D eigenvalue weighted by Crippen LogP contribution is -2.46. The van der Waals surface area contributed by atoms with Gasteiger partial charge in [-0.05, 0) is 38.5 Å². The van der Waals surface area contributed by atoms with Gasteiger partial charge in [-0.2, -0.15) is 13.2 Å². The van der Waals surface area contributed by atoms with Crippen molar-refractivity contribution in [2.45, 2.75) is 45.0 Å². The summed E-state index contributed by atoms with van der Waals surface area (Å²) in [5.74, 6) is 2.18. The van der Waals surface area contributed by atoms with Crippen LogP contribution in [0.15, 0.2) is 29.4 Å². The van der Waals surface area contributed by atoms with Crippen LogP contribution in [0.2, 0.25) is 0 Å². The molecular weight excluding hydrogens is 475 g/mol. The molecule has 1 amide bonds. The van der Waals surface area contributed by atoms with Gasteiger partial charge in [0.05, 0.1) is 11.7 Å². The molecule has 2 heterocycles. The Kier molecular flexibility index (Phi) is 7.19. The van der Waals surface area contributed by atoms with E-state index in [-0.39, 0.29) is 18.0 Å². The van der Waals surface area contributed by atoms with Crippen LogP contribution in [0.4, 0.5) is 27.6 Å². The highest BCUT2D eigenvalue weighted by molar-refractivity contribution is 6.03. The maximum atomic E-state index is 14.7. The number of ether oxygens (including phenoxy) is 2. The van der Waals surface area contributed by atoms with Crippen molar-refractivity contribution in [3.8, 4) is 17.6 Å². The minimum atomic E-state index is -4.81. The van der Waals surface area contributed by atoms with Crippen molar-refractivity contribution in [3.63, 3.8) is 0 Å². The number of benzene rings is 1. The van der Waals surface area contributed by atoms with Crippen LogP contribution >= 0.6 is 0 Å². The molecule has 0 spiro atoms. The maximum absolute atomic E-state index is 14.7. The number of carbonyl (C=O) groups is 1. The zero-order valence-electron chi connectivity index (χ0n) is 18.9. The molecule has 2 atom stereocenters. The summed E-state index contributed by atoms with van der Waals surface area (Å²) in [5.41, 5.74) is 3.14. The van der Waals surface area contributed by atoms with Crippen molar-refractivity contribution in [2.24, 2.45) is 10.7 Å². The summed E-state index contributed by atoms with van der Waals surface area (Å²) in [6.45, 7) is 4.54. The Morgan fingerprint density at radius 3 is 2.69 bits per heavy atom. The molecule has 0 aliphatic carbocycles. The average Bonchev–Trinajstić information content (AvgIpc) is 2.75. The van der Waals surface area contributed by atoms with Crippen LogP contribution in [0.25, 0.3) is 0 Å². The van der Waals surface area contributed by atoms with Crippen LogP contribution in [0.3, 0.4) is 0 Å². The van der Waals surface area contributed by atoms with E-state index in [1.165, 1.54) is 6.20 Å². The number of amidine groups is 1. The minimum Gasteiger partial charge on any atom is -0.479 e. The van der Waals surface area contributed by atoms with Crippen LogP contribution in [-0.2, 0) is 10.3 Å². The lowest BCUT2D eigenvalue weighted by molar-refractivity contribution is -0.208. The molecule has 2 unspecified atom stereocenters. The number of aliphatic imine (C=N–C) groups is 1. The Labute approximate surface area is 197 Å². The van der Waals surface area contributed by atoms with E-state index in [0.717, 1.165) is 13.0 Å². The van der Waals surface area contributed by atoms with Crippen molar-refractivity contribution in [1.29, 1.82) is 0 Å². The van der Waals surface area contributed by atoms with E-state index < -0.39 is 53.4 Å². The second-order valence-corrected chi connectivity index (χ2v) is 7.90. The molecule has 3 N–H and O–H groups in total. The molecule has 0 saturated carbocycles. The second-order valence-electron chi connectivity index (χ2n) is 7.90. The van der Waals surface area contributed by atoms with Gasteiger partial charge in [-0.15, -0.1) is 5.92 Å². The van der Waals surface area contributed by atoms with Gasteiger partial charge < -0.3 is 20.5 Å². The average molecular weight is 496 g/mol. The van der Waals surface area contributed by atoms with Crippen molar-refractivity contribution >= 4 is 17.6 Å². The summed E-state index contributed by atoms with van der Waals surface area (Å²) >= 11 is 0. The Morgan fingerprint density at radius 1 is 1.34 bits per heavy atom. The third kappa shape index (κ3) is 5.79. The van der Waals surface area contributed by atoms with Crippen LogP contribution in [0.1, 0.15) is 41.9 Å². The van der Waals surface area contributed by atoms with E-state index in [0.29, 0.717) is 17.4 Å². The second kappa shape index (κ2) is 9.77. The molecule has 2 aromatic rings. The molecule has 0 bridgehead atoms. The number of carbonyl (C=O) groups excluding carboxylic acids is 1. The van der Waals surface area contributed by atoms with Crippen molar-refractivity contribution < 1.29 is 36.2 Å². The summed E-state index contributed by atoms with van der Waals surface area (Å²) in [4.78, 5) is 20.6. The number of amides is 1. The number of halogens is 5. The first-order valence-corrected chi connectivity index (χ1v) is 10.2. The first kappa shape index (κ1) is 25.7. The molecule has 1 aliphatic rings. The summed E-state index contributed by atoms with van der Waals surface area (Å²) in [6, 6.07) is 2.43. The zero-order valence-corrected chi connectivity index (χ0v) is 18.9. The third-order valence-electron chi connectivity index (χ3n) is 5.19. The smallest absolute Gasteiger partial charge is 0.425 e. The first-order valence-electron chi connectivity index (χ1n) is 10.2. The molecule has 3 rings (SSSR count). The molecular formula is C23H21F5N4O3. The first-order chi connectivity index (χ1) is 16.3. The number of nitrogens with two attached hydrogens (primary N) is 1. The van der Waals surface area contributed by atoms with Crippen molar-refractivity contribution in [1.82, 2.24) is 4.98 Å². The molecule has 0 fully saturated rings. The standard InChI is InChI=1S/C23H21F5N4O3/c1-4-5-6-34-14-7-12(2)19(30-11-14)20(33)31-13-8-15(18(25)16(24)9-13)22(3)10-17(23(26,27)28)35-21(29)32-22/h7-9,11,17H,6,10H2,1-3H3,(H2,29,32)(H,31,33). The lowest BCUT2D eigenvalue weighted by atomic mass is 9.85. The van der Waals surface area contributed by atoms with Crippen LogP contribution in [-0.4, -0.2) is 35.8 Å². The molecule has 1 aliphatic heterocycles. The summed E-state index contributed by atoms with van der Waals surface area (Å²) in [5, 5.41) is 2.38. The van der Waals surface area contributed by atoms with Crippen molar-refractivity contribution in [3.05, 3.63) is 52.9 Å². The molecule has 35 heavy (non-hydrogen) atoms. The molecule has 1 aromatic heterocycles. The number of alkyl halides is 3. The molecule has 0 radical (unpaired) electrons. The SMILES string of the molecule is CC#CCOc1cnc(C(=O)Nc2cc(F)c(F)c(C3(C)CC(C(F)(F)F)OC(N)=N3)c2)c(C)c1. The Morgan fingerprint density at radius 2 is 2.06 bits per heavy atom. The summed E-state index contributed by atoms with van der Waals surface area (Å²) in [7, 11) is 0. The molecule has 1 aromatic carbocycles. The van der Waals surface area contributed by atoms with Gasteiger partial charge in [-0.25, -0.2) is 18.8 Å². The third-order valence-corrected chi connectivity index (χ3v) is 5.19. The van der Waals surface area contributed by atoms with Gasteiger partial charge in [0.2, 0.25) is 0 Å². The molecule has 12 heteroatoms. The highest BCUT2D eigenvalue weighted by Crippen LogP contribution is 2.41. The van der Waals surface area contributed by atoms with Gasteiger partial charge in [0, 0.05) is 23.7 Å². The number of hydrogen-bond acceptors (Lipinski definition) is 6. The highest BCUT2D eigenvalue weighted by Gasteiger charge is 2.50. The fraction of sp³-hybridized carbons (Fsp3) is 0.348. The van der Waals surface area contributed by atoms with Gasteiger partial charge in [0.15, 0.2) is 17.7 Å². The number of rotatable bonds is 5. The lowest BCUT2D eigenvalue weighted by Gasteiger charge is -2.36. The van der Waals surface area contributed by atoms with E-state index >= 15 is 0 Å². The minimum absolute atomic E-state index is 0.0260. The number of pyridine rings is 1. The topological polar surface area (TPSA) is 98.8 Å². The molecule has 7 nitrogen and oxygen atoms in total. The van der Waals surface area contributed by atoms with Gasteiger partial charge >= 0.3 is 6.18 Å². The number of aryl methyl sites for hydroxylation is 1. The number of nitrogens with one attached hydrogen (secondary N) is 1. The number of nitrogens with zero attached hydrogens (tertiary/aromatic N) is 2. The highest BCUT2D eigenvalue weighted by atomic mass is 19.4. The Balaban J connectivity index is 1.90. The largest absolute Gasteiger partial charge is 0.479 e. The fourth-order valence-electron chi connectivity index (χ4n) is 3.52. The van der Waals surface area contributed by atoms with Gasteiger partial charge in [-0.3, -0.25) is 4.79 Å². The van der Waals surface area contributed by atoms with Crippen molar-refractivity contribution in [2.75, 3.05) is 11.9 Å². The van der Waals surface area contributed by atoms with E-state index in [9.17, 15) is 26.7 Å². The number of anilines is 1. The predicted octanol–water partition coefficient (Wildman–Crippen LogP) is 4.20. The quantitative estimate of drug-likeness (QED) is 0.478. The van der Waals surface area contributed by atoms with Crippen LogP contribution in [0, 0.1) is 30.4 Å². The van der Waals surface area contributed by atoms with Gasteiger partial charge in [0.1, 0.15) is 18.1 Å².